The molecule has 2 aliphatic heterocycles. The normalized spacial score (nSPS) is 19.1. The Labute approximate surface area is 177 Å². The summed E-state index contributed by atoms with van der Waals surface area (Å²) in [6, 6.07) is 0.249. The Morgan fingerprint density at radius 1 is 1.10 bits per heavy atom. The maximum absolute atomic E-state index is 13.0. The van der Waals surface area contributed by atoms with Gasteiger partial charge in [-0.1, -0.05) is 13.3 Å². The number of nitrogens with two attached hydrogens (primary N) is 1. The van der Waals surface area contributed by atoms with E-state index in [9.17, 15) is 4.79 Å². The topological polar surface area (TPSA) is 105 Å². The summed E-state index contributed by atoms with van der Waals surface area (Å²) in [5.74, 6) is 0.264. The van der Waals surface area contributed by atoms with E-state index in [1.807, 2.05) is 0 Å². The van der Waals surface area contributed by atoms with Crippen molar-refractivity contribution in [2.24, 2.45) is 0 Å². The maximum Gasteiger partial charge on any atom is 0.329 e. The number of hydrogen-bond donors (Lipinski definition) is 2. The van der Waals surface area contributed by atoms with Crippen molar-refractivity contribution in [2.45, 2.75) is 64.5 Å². The molecule has 0 bridgehead atoms. The molecule has 2 aromatic heterocycles. The number of unbranched alkanes of at least 4 members (excludes halogenated alkanes) is 1. The summed E-state index contributed by atoms with van der Waals surface area (Å²) in [6.07, 6.45) is 8.84. The predicted octanol–water partition coefficient (Wildman–Crippen LogP) is 2.35. The van der Waals surface area contributed by atoms with Gasteiger partial charge in [0.15, 0.2) is 11.5 Å². The predicted molar refractivity (Wildman–Crippen MR) is 118 cm³/mol. The number of likely N-dealkylation sites (tertiary alicyclic amines) is 2. The van der Waals surface area contributed by atoms with Gasteiger partial charge in [0.1, 0.15) is 5.52 Å². The van der Waals surface area contributed by atoms with Crippen LogP contribution in [0.5, 0.6) is 6.01 Å². The molecule has 0 spiro atoms. The Hall–Kier alpha value is -2.13. The molecule has 0 aliphatic carbocycles. The standard InChI is InChI=1S/C21H35N7O2/c1-2-3-15-30-20-24-18(22)17-19(25-20)28(21(29)23-17)16(27-13-6-7-14-27)9-8-12-26-10-4-5-11-26/h16H,2-15H2,1H3,(H,23,29)(H2,22,24,25). The lowest BCUT2D eigenvalue weighted by Crippen LogP contribution is -2.36. The monoisotopic (exact) mass is 417 g/mol. The lowest BCUT2D eigenvalue weighted by Gasteiger charge is -2.29. The molecule has 2 saturated heterocycles. The molecule has 0 amide bonds. The van der Waals surface area contributed by atoms with Gasteiger partial charge in [-0.15, -0.1) is 0 Å². The molecule has 1 atom stereocenters. The summed E-state index contributed by atoms with van der Waals surface area (Å²) in [5.41, 5.74) is 7.03. The quantitative estimate of drug-likeness (QED) is 0.572. The van der Waals surface area contributed by atoms with Crippen molar-refractivity contribution in [1.82, 2.24) is 29.3 Å². The third kappa shape index (κ3) is 4.62. The molecule has 2 aromatic rings. The Morgan fingerprint density at radius 2 is 1.83 bits per heavy atom. The van der Waals surface area contributed by atoms with Crippen LogP contribution < -0.4 is 16.2 Å². The van der Waals surface area contributed by atoms with Crippen molar-refractivity contribution in [2.75, 3.05) is 45.1 Å². The number of ether oxygens (including phenoxy) is 1. The highest BCUT2D eigenvalue weighted by Gasteiger charge is 2.28. The Kier molecular flexibility index (Phi) is 6.89. The van der Waals surface area contributed by atoms with Gasteiger partial charge in [0, 0.05) is 13.1 Å². The van der Waals surface area contributed by atoms with Gasteiger partial charge in [0.25, 0.3) is 0 Å². The van der Waals surface area contributed by atoms with Gasteiger partial charge in [-0.2, -0.15) is 9.97 Å². The highest BCUT2D eigenvalue weighted by atomic mass is 16.5. The molecule has 4 heterocycles. The molecular formula is C21H35N7O2. The summed E-state index contributed by atoms with van der Waals surface area (Å²) in [7, 11) is 0. The molecule has 1 unspecified atom stereocenters. The molecule has 0 radical (unpaired) electrons. The van der Waals surface area contributed by atoms with E-state index in [0.29, 0.717) is 17.8 Å². The van der Waals surface area contributed by atoms with Gasteiger partial charge in [-0.25, -0.2) is 4.79 Å². The molecule has 166 valence electrons. The number of nitrogens with zero attached hydrogens (tertiary/aromatic N) is 5. The van der Waals surface area contributed by atoms with Crippen LogP contribution in [0.4, 0.5) is 5.82 Å². The minimum Gasteiger partial charge on any atom is -0.463 e. The van der Waals surface area contributed by atoms with Crippen molar-refractivity contribution in [3.8, 4) is 6.01 Å². The number of anilines is 1. The number of fused-ring (bicyclic) bond motifs is 1. The number of imidazole rings is 1. The van der Waals surface area contributed by atoms with E-state index in [1.54, 1.807) is 4.57 Å². The van der Waals surface area contributed by atoms with E-state index >= 15 is 0 Å². The van der Waals surface area contributed by atoms with Crippen LogP contribution in [0.1, 0.15) is 64.5 Å². The summed E-state index contributed by atoms with van der Waals surface area (Å²) < 4.78 is 7.49. The molecule has 3 N–H and O–H groups in total. The van der Waals surface area contributed by atoms with Crippen LogP contribution in [0, 0.1) is 0 Å². The largest absolute Gasteiger partial charge is 0.463 e. The molecule has 30 heavy (non-hydrogen) atoms. The lowest BCUT2D eigenvalue weighted by atomic mass is 10.2. The second-order valence-corrected chi connectivity index (χ2v) is 8.51. The number of nitrogen functional groups attached to an aromatic ring is 1. The summed E-state index contributed by atoms with van der Waals surface area (Å²) in [4.78, 5) is 29.6. The van der Waals surface area contributed by atoms with E-state index in [1.165, 1.54) is 38.8 Å². The maximum atomic E-state index is 13.0. The zero-order valence-corrected chi connectivity index (χ0v) is 18.1. The highest BCUT2D eigenvalue weighted by molar-refractivity contribution is 5.82. The van der Waals surface area contributed by atoms with Gasteiger partial charge in [0.05, 0.1) is 12.8 Å². The van der Waals surface area contributed by atoms with Crippen LogP contribution >= 0.6 is 0 Å². The first-order valence-electron chi connectivity index (χ1n) is 11.5. The van der Waals surface area contributed by atoms with Crippen LogP contribution in [0.25, 0.3) is 11.2 Å². The summed E-state index contributed by atoms with van der Waals surface area (Å²) >= 11 is 0. The SMILES string of the molecule is CCCCOc1nc(N)c2[nH]c(=O)n(C(CCCN3CCCC3)N3CCCC3)c2n1. The van der Waals surface area contributed by atoms with Crippen molar-refractivity contribution in [3.05, 3.63) is 10.5 Å². The zero-order valence-electron chi connectivity index (χ0n) is 18.1. The van der Waals surface area contributed by atoms with E-state index in [0.717, 1.165) is 45.3 Å². The zero-order chi connectivity index (χ0) is 20.9. The average molecular weight is 418 g/mol. The van der Waals surface area contributed by atoms with Gasteiger partial charge >= 0.3 is 11.7 Å². The van der Waals surface area contributed by atoms with E-state index in [-0.39, 0.29) is 23.7 Å². The van der Waals surface area contributed by atoms with Gasteiger partial charge < -0.3 is 20.4 Å². The van der Waals surface area contributed by atoms with Crippen LogP contribution in [0.2, 0.25) is 0 Å². The first-order valence-corrected chi connectivity index (χ1v) is 11.5. The van der Waals surface area contributed by atoms with E-state index in [2.05, 4.69) is 31.7 Å². The van der Waals surface area contributed by atoms with E-state index < -0.39 is 0 Å². The first kappa shape index (κ1) is 21.1. The number of aromatic nitrogens is 4. The van der Waals surface area contributed by atoms with Crippen molar-refractivity contribution < 1.29 is 4.74 Å². The first-order chi connectivity index (χ1) is 14.7. The Balaban J connectivity index is 1.61. The molecule has 0 saturated carbocycles. The minimum absolute atomic E-state index is 0.0193. The number of nitrogens with one attached hydrogen (secondary N) is 1. The van der Waals surface area contributed by atoms with Crippen LogP contribution in [0.15, 0.2) is 4.79 Å². The molecule has 2 fully saturated rings. The van der Waals surface area contributed by atoms with Crippen molar-refractivity contribution in [3.63, 3.8) is 0 Å². The average Bonchev–Trinajstić information content (AvgIpc) is 3.48. The molecule has 0 aromatic carbocycles. The number of H-pyrrole nitrogens is 1. The van der Waals surface area contributed by atoms with Gasteiger partial charge in [0.2, 0.25) is 0 Å². The van der Waals surface area contributed by atoms with Crippen molar-refractivity contribution in [1.29, 1.82) is 0 Å². The fraction of sp³-hybridized carbons (Fsp3) is 0.762. The molecule has 4 rings (SSSR count). The molecule has 2 aliphatic rings. The molecule has 9 nitrogen and oxygen atoms in total. The third-order valence-electron chi connectivity index (χ3n) is 6.30. The van der Waals surface area contributed by atoms with Crippen molar-refractivity contribution >= 4 is 17.0 Å². The Bertz CT molecular complexity index is 881. The summed E-state index contributed by atoms with van der Waals surface area (Å²) in [6.45, 7) is 8.15. The van der Waals surface area contributed by atoms with Gasteiger partial charge in [-0.3, -0.25) is 9.47 Å². The lowest BCUT2D eigenvalue weighted by molar-refractivity contribution is 0.155. The second kappa shape index (κ2) is 9.78. The van der Waals surface area contributed by atoms with Gasteiger partial charge in [-0.05, 0) is 64.6 Å². The van der Waals surface area contributed by atoms with Crippen LogP contribution in [0.3, 0.4) is 0 Å². The minimum atomic E-state index is -0.171. The number of rotatable bonds is 10. The summed E-state index contributed by atoms with van der Waals surface area (Å²) in [5, 5.41) is 0. The highest BCUT2D eigenvalue weighted by Crippen LogP contribution is 2.28. The number of aromatic amines is 1. The fourth-order valence-electron chi connectivity index (χ4n) is 4.67. The fourth-order valence-corrected chi connectivity index (χ4v) is 4.67. The second-order valence-electron chi connectivity index (χ2n) is 8.51. The van der Waals surface area contributed by atoms with E-state index in [4.69, 9.17) is 10.5 Å². The number of hydrogen-bond acceptors (Lipinski definition) is 7. The van der Waals surface area contributed by atoms with Crippen LogP contribution in [-0.4, -0.2) is 68.6 Å². The third-order valence-corrected chi connectivity index (χ3v) is 6.30. The molecule has 9 heteroatoms. The van der Waals surface area contributed by atoms with Crippen LogP contribution in [-0.2, 0) is 0 Å². The Morgan fingerprint density at radius 3 is 2.57 bits per heavy atom. The molecular weight excluding hydrogens is 382 g/mol. The smallest absolute Gasteiger partial charge is 0.329 e.